The van der Waals surface area contributed by atoms with E-state index in [-0.39, 0.29) is 11.6 Å². The molecule has 1 fully saturated rings. The molecule has 0 bridgehead atoms. The Morgan fingerprint density at radius 1 is 1.00 bits per heavy atom. The quantitative estimate of drug-likeness (QED) is 0.394. The molecule has 2 aliphatic rings. The number of anilines is 3. The van der Waals surface area contributed by atoms with Gasteiger partial charge in [-0.25, -0.2) is 4.79 Å². The van der Waals surface area contributed by atoms with Crippen LogP contribution in [0.25, 0.3) is 0 Å². The van der Waals surface area contributed by atoms with Crippen LogP contribution < -0.4 is 10.2 Å². The van der Waals surface area contributed by atoms with Crippen LogP contribution in [0.2, 0.25) is 0 Å². The summed E-state index contributed by atoms with van der Waals surface area (Å²) in [6.07, 6.45) is 0. The molecule has 1 saturated heterocycles. The summed E-state index contributed by atoms with van der Waals surface area (Å²) in [5, 5.41) is 31.1. The van der Waals surface area contributed by atoms with Crippen molar-refractivity contribution in [2.45, 2.75) is 26.3 Å². The summed E-state index contributed by atoms with van der Waals surface area (Å²) in [5.41, 5.74) is 2.96. The fourth-order valence-corrected chi connectivity index (χ4v) is 5.29. The summed E-state index contributed by atoms with van der Waals surface area (Å²) < 4.78 is 5.83. The number of nitrogens with one attached hydrogen (secondary N) is 1. The fraction of sp³-hybridized carbons (Fsp3) is 0.321. The monoisotopic (exact) mass is 530 g/mol. The van der Waals surface area contributed by atoms with E-state index < -0.39 is 23.8 Å². The van der Waals surface area contributed by atoms with Crippen molar-refractivity contribution in [1.29, 1.82) is 0 Å². The van der Waals surface area contributed by atoms with Crippen LogP contribution in [-0.4, -0.2) is 69.1 Å². The zero-order valence-electron chi connectivity index (χ0n) is 21.7. The third-order valence-corrected chi connectivity index (χ3v) is 7.14. The van der Waals surface area contributed by atoms with Crippen molar-refractivity contribution in [1.82, 2.24) is 15.1 Å². The molecule has 0 aliphatic carbocycles. The summed E-state index contributed by atoms with van der Waals surface area (Å²) in [6, 6.07) is 17.5. The lowest BCUT2D eigenvalue weighted by Crippen LogP contribution is -2.46. The van der Waals surface area contributed by atoms with Crippen molar-refractivity contribution in [2.24, 2.45) is 10.9 Å². The Morgan fingerprint density at radius 3 is 2.44 bits per heavy atom. The van der Waals surface area contributed by atoms with E-state index in [1.165, 1.54) is 5.69 Å². The molecule has 2 atom stereocenters. The Hall–Kier alpha value is -4.51. The van der Waals surface area contributed by atoms with Gasteiger partial charge in [0.25, 0.3) is 0 Å². The van der Waals surface area contributed by atoms with E-state index in [0.717, 1.165) is 26.2 Å². The predicted octanol–water partition coefficient (Wildman–Crippen LogP) is 3.75. The minimum atomic E-state index is -1.19. The van der Waals surface area contributed by atoms with Gasteiger partial charge in [-0.15, -0.1) is 5.10 Å². The smallest absolute Gasteiger partial charge is 0.334 e. The Morgan fingerprint density at radius 2 is 1.74 bits per heavy atom. The Kier molecular flexibility index (Phi) is 7.42. The van der Waals surface area contributed by atoms with Gasteiger partial charge in [0, 0.05) is 54.9 Å². The van der Waals surface area contributed by atoms with Crippen LogP contribution in [0, 0.1) is 5.92 Å². The van der Waals surface area contributed by atoms with Gasteiger partial charge in [-0.1, -0.05) is 35.4 Å². The van der Waals surface area contributed by atoms with E-state index in [9.17, 15) is 19.8 Å². The Labute approximate surface area is 225 Å². The molecule has 5 rings (SSSR count). The van der Waals surface area contributed by atoms with Gasteiger partial charge >= 0.3 is 18.0 Å². The number of aromatic nitrogens is 2. The minimum absolute atomic E-state index is 0.0300. The number of nitrogens with zero attached hydrogens (tertiary/aromatic N) is 5. The Balaban J connectivity index is 1.27. The molecule has 1 aromatic heterocycles. The lowest BCUT2D eigenvalue weighted by Gasteiger charge is -2.35. The molecule has 0 amide bonds. The van der Waals surface area contributed by atoms with E-state index >= 15 is 0 Å². The van der Waals surface area contributed by atoms with Crippen LogP contribution in [0.1, 0.15) is 31.2 Å². The van der Waals surface area contributed by atoms with Crippen molar-refractivity contribution in [3.8, 4) is 0 Å². The lowest BCUT2D eigenvalue weighted by atomic mass is 9.75. The van der Waals surface area contributed by atoms with E-state index in [1.54, 1.807) is 38.1 Å². The summed E-state index contributed by atoms with van der Waals surface area (Å²) in [7, 11) is 0. The van der Waals surface area contributed by atoms with Crippen molar-refractivity contribution >= 4 is 35.0 Å². The molecule has 2 unspecified atom stereocenters. The molecule has 11 nitrogen and oxygen atoms in total. The van der Waals surface area contributed by atoms with E-state index in [1.807, 2.05) is 18.2 Å². The maximum absolute atomic E-state index is 12.1. The molecule has 2 aliphatic heterocycles. The number of piperazine rings is 1. The van der Waals surface area contributed by atoms with Gasteiger partial charge in [-0.05, 0) is 43.7 Å². The number of para-hydroxylation sites is 1. The number of rotatable bonds is 8. The molecule has 11 heteroatoms. The third kappa shape index (κ3) is 5.68. The number of aliphatic imine (C=N–C) groups is 1. The average Bonchev–Trinajstić information content (AvgIpc) is 3.35. The van der Waals surface area contributed by atoms with E-state index in [4.69, 9.17) is 4.42 Å². The highest BCUT2D eigenvalue weighted by Gasteiger charge is 2.41. The molecule has 0 spiro atoms. The first-order chi connectivity index (χ1) is 18.8. The number of carboxylic acids is 2. The predicted molar refractivity (Wildman–Crippen MR) is 145 cm³/mol. The number of hydrogen-bond donors (Lipinski definition) is 3. The second-order valence-electron chi connectivity index (χ2n) is 9.70. The molecule has 2 aromatic carbocycles. The topological polar surface area (TPSA) is 144 Å². The highest BCUT2D eigenvalue weighted by atomic mass is 16.4. The highest BCUT2D eigenvalue weighted by molar-refractivity contribution is 6.06. The molecule has 3 N–H and O–H groups in total. The van der Waals surface area contributed by atoms with E-state index in [0.29, 0.717) is 35.1 Å². The molecular weight excluding hydrogens is 500 g/mol. The molecule has 202 valence electrons. The molecule has 3 heterocycles. The number of carbonyl (C=O) groups is 2. The van der Waals surface area contributed by atoms with Crippen LogP contribution in [0.15, 0.2) is 75.3 Å². The Bertz CT molecular complexity index is 1420. The maximum Gasteiger partial charge on any atom is 0.334 e. The third-order valence-electron chi connectivity index (χ3n) is 7.14. The summed E-state index contributed by atoms with van der Waals surface area (Å²) in [6.45, 7) is 7.28. The largest absolute Gasteiger partial charge is 0.481 e. The van der Waals surface area contributed by atoms with Gasteiger partial charge in [-0.3, -0.25) is 14.7 Å². The van der Waals surface area contributed by atoms with Crippen LogP contribution in [-0.2, 0) is 16.1 Å². The van der Waals surface area contributed by atoms with Gasteiger partial charge in [0.2, 0.25) is 5.89 Å². The highest BCUT2D eigenvalue weighted by Crippen LogP contribution is 2.40. The summed E-state index contributed by atoms with van der Waals surface area (Å²) in [5.74, 6) is -3.82. The average molecular weight is 531 g/mol. The molecule has 0 saturated carbocycles. The number of carboxylic acid groups (broad SMARTS) is 2. The maximum atomic E-state index is 12.1. The lowest BCUT2D eigenvalue weighted by molar-refractivity contribution is -0.140. The van der Waals surface area contributed by atoms with Crippen molar-refractivity contribution in [2.75, 3.05) is 36.4 Å². The van der Waals surface area contributed by atoms with Gasteiger partial charge in [0.05, 0.1) is 12.1 Å². The van der Waals surface area contributed by atoms with Crippen molar-refractivity contribution in [3.63, 3.8) is 0 Å². The second-order valence-corrected chi connectivity index (χ2v) is 9.70. The van der Waals surface area contributed by atoms with Gasteiger partial charge in [0.15, 0.2) is 0 Å². The second kappa shape index (κ2) is 11.1. The normalized spacial score (nSPS) is 20.1. The first-order valence-corrected chi connectivity index (χ1v) is 12.7. The zero-order chi connectivity index (χ0) is 27.5. The molecule has 3 aromatic rings. The summed E-state index contributed by atoms with van der Waals surface area (Å²) >= 11 is 0. The summed E-state index contributed by atoms with van der Waals surface area (Å²) in [4.78, 5) is 33.0. The van der Waals surface area contributed by atoms with Crippen LogP contribution in [0.4, 0.5) is 17.4 Å². The van der Waals surface area contributed by atoms with Crippen molar-refractivity contribution in [3.05, 3.63) is 77.3 Å². The van der Waals surface area contributed by atoms with Crippen LogP contribution >= 0.6 is 0 Å². The van der Waals surface area contributed by atoms with E-state index in [2.05, 4.69) is 42.4 Å². The molecule has 0 radical (unpaired) electrons. The number of hydrogen-bond acceptors (Lipinski definition) is 9. The first kappa shape index (κ1) is 26.1. The van der Waals surface area contributed by atoms with Crippen LogP contribution in [0.5, 0.6) is 0 Å². The number of allylic oxidation sites excluding steroid dienone is 1. The number of benzene rings is 2. The van der Waals surface area contributed by atoms with Gasteiger partial charge < -0.3 is 24.8 Å². The van der Waals surface area contributed by atoms with Gasteiger partial charge in [0.1, 0.15) is 5.92 Å². The number of aliphatic carboxylic acids is 2. The first-order valence-electron chi connectivity index (χ1n) is 12.7. The molecular formula is C28H30N6O5. The van der Waals surface area contributed by atoms with Crippen molar-refractivity contribution < 1.29 is 24.2 Å². The standard InChI is InChI=1S/C28H30N6O5/c1-17-23(26(35)36)25(24(27(37)38)18(2)29-17)19-7-6-8-20(15-19)30-28-32-31-22(39-28)16-33-11-13-34(14-12-33)21-9-4-3-5-10-21/h3-10,15,23,25H,11-14,16H2,1-2H3,(H,30,32)(H,35,36)(H,37,38). The zero-order valence-corrected chi connectivity index (χ0v) is 21.7. The fourth-order valence-electron chi connectivity index (χ4n) is 5.29. The minimum Gasteiger partial charge on any atom is -0.481 e. The molecule has 39 heavy (non-hydrogen) atoms. The van der Waals surface area contributed by atoms with Gasteiger partial charge in [-0.2, -0.15) is 0 Å². The van der Waals surface area contributed by atoms with Crippen LogP contribution in [0.3, 0.4) is 0 Å². The SMILES string of the molecule is CC1=NC(C)=C(C(=O)O)C(c2cccc(Nc3nnc(CN4CCN(c5ccccc5)CC4)o3)c2)C1C(=O)O.